The molecule has 0 spiro atoms. The van der Waals surface area contributed by atoms with Gasteiger partial charge in [0, 0.05) is 18.8 Å². The summed E-state index contributed by atoms with van der Waals surface area (Å²) in [4.78, 5) is 17.7. The Bertz CT molecular complexity index is 621. The Morgan fingerprint density at radius 2 is 2.35 bits per heavy atom. The van der Waals surface area contributed by atoms with Gasteiger partial charge in [0.05, 0.1) is 5.56 Å². The van der Waals surface area contributed by atoms with Gasteiger partial charge in [-0.25, -0.2) is 9.78 Å². The molecular formula is C15H16N2O2S. The van der Waals surface area contributed by atoms with Crippen LogP contribution < -0.4 is 4.90 Å². The third-order valence-electron chi connectivity index (χ3n) is 3.49. The van der Waals surface area contributed by atoms with E-state index in [1.807, 2.05) is 6.92 Å². The molecule has 0 aromatic carbocycles. The summed E-state index contributed by atoms with van der Waals surface area (Å²) in [6.45, 7) is 2.77. The van der Waals surface area contributed by atoms with Crippen LogP contribution in [0.1, 0.15) is 34.3 Å². The van der Waals surface area contributed by atoms with Crippen LogP contribution in [0.15, 0.2) is 29.1 Å². The average molecular weight is 288 g/mol. The number of aromatic carboxylic acids is 1. The lowest BCUT2D eigenvalue weighted by Crippen LogP contribution is -2.26. The summed E-state index contributed by atoms with van der Waals surface area (Å²) in [5, 5.41) is 13.2. The van der Waals surface area contributed by atoms with Crippen molar-refractivity contribution in [3.05, 3.63) is 45.8 Å². The molecule has 0 aliphatic heterocycles. The van der Waals surface area contributed by atoms with Crippen molar-refractivity contribution in [3.8, 4) is 0 Å². The predicted octanol–water partition coefficient (Wildman–Crippen LogP) is 3.32. The summed E-state index contributed by atoms with van der Waals surface area (Å²) in [6, 6.07) is 4.37. The molecule has 4 nitrogen and oxygen atoms in total. The summed E-state index contributed by atoms with van der Waals surface area (Å²) >= 11 is 1.69. The van der Waals surface area contributed by atoms with Crippen LogP contribution in [0.25, 0.3) is 0 Å². The van der Waals surface area contributed by atoms with E-state index in [-0.39, 0.29) is 5.56 Å². The SMILES string of the molecule is Cc1cc(C(=O)O)cnc1N(Cc1ccsc1)C1CC1. The molecule has 0 bridgehead atoms. The molecule has 1 aliphatic carbocycles. The van der Waals surface area contributed by atoms with E-state index in [9.17, 15) is 4.79 Å². The van der Waals surface area contributed by atoms with E-state index in [4.69, 9.17) is 5.11 Å². The van der Waals surface area contributed by atoms with Crippen LogP contribution in [0, 0.1) is 6.92 Å². The number of aromatic nitrogens is 1. The van der Waals surface area contributed by atoms with Crippen molar-refractivity contribution in [1.29, 1.82) is 0 Å². The third kappa shape index (κ3) is 2.67. The molecule has 20 heavy (non-hydrogen) atoms. The van der Waals surface area contributed by atoms with E-state index >= 15 is 0 Å². The minimum absolute atomic E-state index is 0.248. The largest absolute Gasteiger partial charge is 0.478 e. The minimum Gasteiger partial charge on any atom is -0.478 e. The van der Waals surface area contributed by atoms with Crippen molar-refractivity contribution in [2.45, 2.75) is 32.4 Å². The first kappa shape index (κ1) is 13.1. The fourth-order valence-electron chi connectivity index (χ4n) is 2.33. The minimum atomic E-state index is -0.928. The Morgan fingerprint density at radius 1 is 1.55 bits per heavy atom. The lowest BCUT2D eigenvalue weighted by molar-refractivity contribution is 0.0696. The number of carboxylic acid groups (broad SMARTS) is 1. The standard InChI is InChI=1S/C15H16N2O2S/c1-10-6-12(15(18)19)7-16-14(10)17(13-2-3-13)8-11-4-5-20-9-11/h4-7,9,13H,2-3,8H2,1H3,(H,18,19). The number of carbonyl (C=O) groups is 1. The zero-order valence-corrected chi connectivity index (χ0v) is 12.1. The van der Waals surface area contributed by atoms with Gasteiger partial charge in [-0.1, -0.05) is 0 Å². The first-order chi connectivity index (χ1) is 9.65. The van der Waals surface area contributed by atoms with Crippen LogP contribution in [-0.2, 0) is 6.54 Å². The van der Waals surface area contributed by atoms with E-state index in [2.05, 4.69) is 26.7 Å². The van der Waals surface area contributed by atoms with Gasteiger partial charge in [-0.3, -0.25) is 0 Å². The number of carboxylic acids is 1. The van der Waals surface area contributed by atoms with Gasteiger partial charge in [-0.05, 0) is 53.8 Å². The first-order valence-electron chi connectivity index (χ1n) is 6.63. The molecule has 2 aromatic rings. The molecule has 0 saturated heterocycles. The number of anilines is 1. The van der Waals surface area contributed by atoms with Crippen molar-refractivity contribution >= 4 is 23.1 Å². The van der Waals surface area contributed by atoms with E-state index in [1.165, 1.54) is 24.6 Å². The smallest absolute Gasteiger partial charge is 0.337 e. The summed E-state index contributed by atoms with van der Waals surface area (Å²) in [5.41, 5.74) is 2.45. The highest BCUT2D eigenvalue weighted by Crippen LogP contribution is 2.34. The number of thiophene rings is 1. The second-order valence-electron chi connectivity index (χ2n) is 5.16. The molecule has 1 N–H and O–H groups in total. The van der Waals surface area contributed by atoms with E-state index in [0.29, 0.717) is 6.04 Å². The number of rotatable bonds is 5. The maximum atomic E-state index is 11.0. The number of hydrogen-bond donors (Lipinski definition) is 1. The normalized spacial score (nSPS) is 14.2. The second kappa shape index (κ2) is 5.25. The Hall–Kier alpha value is -1.88. The zero-order chi connectivity index (χ0) is 14.1. The second-order valence-corrected chi connectivity index (χ2v) is 5.94. The molecule has 1 saturated carbocycles. The topological polar surface area (TPSA) is 53.4 Å². The molecule has 104 valence electrons. The van der Waals surface area contributed by atoms with E-state index < -0.39 is 5.97 Å². The van der Waals surface area contributed by atoms with Crippen molar-refractivity contribution in [2.75, 3.05) is 4.90 Å². The number of hydrogen-bond acceptors (Lipinski definition) is 4. The van der Waals surface area contributed by atoms with Crippen LogP contribution in [0.4, 0.5) is 5.82 Å². The maximum Gasteiger partial charge on any atom is 0.337 e. The van der Waals surface area contributed by atoms with E-state index in [0.717, 1.165) is 17.9 Å². The Labute approximate surface area is 121 Å². The number of pyridine rings is 1. The average Bonchev–Trinajstić information content (AvgIpc) is 3.14. The van der Waals surface area contributed by atoms with Crippen molar-refractivity contribution in [1.82, 2.24) is 4.98 Å². The van der Waals surface area contributed by atoms with Gasteiger partial charge in [0.1, 0.15) is 5.82 Å². The molecule has 3 rings (SSSR count). The Kier molecular flexibility index (Phi) is 3.44. The highest BCUT2D eigenvalue weighted by molar-refractivity contribution is 7.07. The molecule has 0 unspecified atom stereocenters. The monoisotopic (exact) mass is 288 g/mol. The van der Waals surface area contributed by atoms with Gasteiger partial charge < -0.3 is 10.0 Å². The van der Waals surface area contributed by atoms with Crippen molar-refractivity contribution in [2.24, 2.45) is 0 Å². The zero-order valence-electron chi connectivity index (χ0n) is 11.2. The predicted molar refractivity (Wildman–Crippen MR) is 79.5 cm³/mol. The highest BCUT2D eigenvalue weighted by atomic mass is 32.1. The fourth-order valence-corrected chi connectivity index (χ4v) is 2.99. The van der Waals surface area contributed by atoms with Gasteiger partial charge in [0.25, 0.3) is 0 Å². The van der Waals surface area contributed by atoms with Crippen LogP contribution >= 0.6 is 11.3 Å². The molecule has 2 aromatic heterocycles. The van der Waals surface area contributed by atoms with E-state index in [1.54, 1.807) is 17.4 Å². The van der Waals surface area contributed by atoms with Crippen molar-refractivity contribution < 1.29 is 9.90 Å². The molecule has 0 amide bonds. The van der Waals surface area contributed by atoms with Gasteiger partial charge in [-0.15, -0.1) is 0 Å². The number of aryl methyl sites for hydroxylation is 1. The Morgan fingerprint density at radius 3 is 2.90 bits per heavy atom. The quantitative estimate of drug-likeness (QED) is 0.917. The van der Waals surface area contributed by atoms with Crippen LogP contribution in [0.5, 0.6) is 0 Å². The molecular weight excluding hydrogens is 272 g/mol. The van der Waals surface area contributed by atoms with Crippen LogP contribution in [0.2, 0.25) is 0 Å². The Balaban J connectivity index is 1.89. The first-order valence-corrected chi connectivity index (χ1v) is 7.57. The van der Waals surface area contributed by atoms with Gasteiger partial charge in [0.15, 0.2) is 0 Å². The summed E-state index contributed by atoms with van der Waals surface area (Å²) in [5.74, 6) is -0.0216. The van der Waals surface area contributed by atoms with Gasteiger partial charge in [-0.2, -0.15) is 11.3 Å². The third-order valence-corrected chi connectivity index (χ3v) is 4.22. The fraction of sp³-hybridized carbons (Fsp3) is 0.333. The lowest BCUT2D eigenvalue weighted by Gasteiger charge is -2.25. The maximum absolute atomic E-state index is 11.0. The molecule has 1 fully saturated rings. The molecule has 0 radical (unpaired) electrons. The van der Waals surface area contributed by atoms with Gasteiger partial charge in [0.2, 0.25) is 0 Å². The van der Waals surface area contributed by atoms with Crippen LogP contribution in [-0.4, -0.2) is 22.1 Å². The molecule has 2 heterocycles. The van der Waals surface area contributed by atoms with Crippen LogP contribution in [0.3, 0.4) is 0 Å². The lowest BCUT2D eigenvalue weighted by atomic mass is 10.2. The van der Waals surface area contributed by atoms with Crippen molar-refractivity contribution in [3.63, 3.8) is 0 Å². The summed E-state index contributed by atoms with van der Waals surface area (Å²) < 4.78 is 0. The highest BCUT2D eigenvalue weighted by Gasteiger charge is 2.31. The molecule has 5 heteroatoms. The number of nitrogens with zero attached hydrogens (tertiary/aromatic N) is 2. The molecule has 1 aliphatic rings. The summed E-state index contributed by atoms with van der Waals surface area (Å²) in [6.07, 6.45) is 3.82. The molecule has 0 atom stereocenters. The summed E-state index contributed by atoms with van der Waals surface area (Å²) in [7, 11) is 0. The van der Waals surface area contributed by atoms with Gasteiger partial charge >= 0.3 is 5.97 Å².